The lowest BCUT2D eigenvalue weighted by Crippen LogP contribution is -2.15. The van der Waals surface area contributed by atoms with Gasteiger partial charge in [-0.25, -0.2) is 17.8 Å². The van der Waals surface area contributed by atoms with Gasteiger partial charge in [0.2, 0.25) is 5.95 Å². The lowest BCUT2D eigenvalue weighted by Gasteiger charge is -2.11. The predicted molar refractivity (Wildman–Crippen MR) is 95.0 cm³/mol. The first kappa shape index (κ1) is 19.0. The average molecular weight is 412 g/mol. The Morgan fingerprint density at radius 3 is 2.59 bits per heavy atom. The van der Waals surface area contributed by atoms with E-state index in [0.29, 0.717) is 5.69 Å². The first-order chi connectivity index (χ1) is 12.8. The van der Waals surface area contributed by atoms with Gasteiger partial charge >= 0.3 is 0 Å². The molecule has 0 radical (unpaired) electrons. The van der Waals surface area contributed by atoms with Crippen LogP contribution in [0.5, 0.6) is 5.75 Å². The number of anilines is 1. The fraction of sp³-hybridized carbons (Fsp3) is 0.0588. The highest BCUT2D eigenvalue weighted by Gasteiger charge is 2.21. The largest absolute Gasteiger partial charge is 0.484 e. The minimum absolute atomic E-state index is 0.0461. The molecular weight excluding hydrogens is 400 g/mol. The number of ether oxygens (including phenoxy) is 1. The van der Waals surface area contributed by atoms with Crippen molar-refractivity contribution in [1.82, 2.24) is 9.97 Å². The number of pyridine rings is 2. The Morgan fingerprint density at radius 2 is 1.93 bits per heavy atom. The molecule has 27 heavy (non-hydrogen) atoms. The molecule has 3 aromatic rings. The van der Waals surface area contributed by atoms with Gasteiger partial charge in [-0.3, -0.25) is 9.71 Å². The van der Waals surface area contributed by atoms with Gasteiger partial charge in [-0.2, -0.15) is 4.39 Å². The zero-order valence-electron chi connectivity index (χ0n) is 13.6. The van der Waals surface area contributed by atoms with Crippen LogP contribution in [0.3, 0.4) is 0 Å². The van der Waals surface area contributed by atoms with Crippen LogP contribution < -0.4 is 9.46 Å². The van der Waals surface area contributed by atoms with Crippen LogP contribution in [-0.4, -0.2) is 18.4 Å². The van der Waals surface area contributed by atoms with Crippen LogP contribution >= 0.6 is 11.6 Å². The standard InChI is InChI=1S/C17H12ClF2N3O3S/c18-16-7-6-15(17(20)22-16)27(24,25)23-11-4-5-14(13(19)9-11)26-10-12-3-1-2-8-21-12/h1-9,23H,10H2. The van der Waals surface area contributed by atoms with Crippen LogP contribution in [0.15, 0.2) is 59.6 Å². The van der Waals surface area contributed by atoms with Crippen LogP contribution in [0.25, 0.3) is 0 Å². The van der Waals surface area contributed by atoms with Crippen LogP contribution in [0, 0.1) is 11.8 Å². The second kappa shape index (κ2) is 7.85. The third-order valence-electron chi connectivity index (χ3n) is 3.36. The molecule has 6 nitrogen and oxygen atoms in total. The molecule has 0 saturated heterocycles. The van der Waals surface area contributed by atoms with Crippen molar-refractivity contribution >= 4 is 27.3 Å². The second-order valence-corrected chi connectivity index (χ2v) is 7.32. The molecule has 0 aliphatic heterocycles. The van der Waals surface area contributed by atoms with E-state index >= 15 is 0 Å². The van der Waals surface area contributed by atoms with Crippen molar-refractivity contribution in [2.24, 2.45) is 0 Å². The lowest BCUT2D eigenvalue weighted by atomic mass is 10.3. The zero-order valence-corrected chi connectivity index (χ0v) is 15.1. The lowest BCUT2D eigenvalue weighted by molar-refractivity contribution is 0.286. The van der Waals surface area contributed by atoms with E-state index in [1.807, 2.05) is 0 Å². The summed E-state index contributed by atoms with van der Waals surface area (Å²) < 4.78 is 59.8. The first-order valence-electron chi connectivity index (χ1n) is 7.52. The first-order valence-corrected chi connectivity index (χ1v) is 9.38. The molecule has 0 aliphatic carbocycles. The summed E-state index contributed by atoms with van der Waals surface area (Å²) in [5.41, 5.74) is 0.499. The normalized spacial score (nSPS) is 11.2. The molecular formula is C17H12ClF2N3O3S. The van der Waals surface area contributed by atoms with Crippen molar-refractivity contribution in [2.75, 3.05) is 4.72 Å². The van der Waals surface area contributed by atoms with Crippen molar-refractivity contribution in [3.05, 3.63) is 77.3 Å². The Labute approximate surface area is 158 Å². The third-order valence-corrected chi connectivity index (χ3v) is 4.95. The molecule has 10 heteroatoms. The molecule has 140 valence electrons. The number of benzene rings is 1. The molecule has 0 unspecified atom stereocenters. The number of hydrogen-bond donors (Lipinski definition) is 1. The van der Waals surface area contributed by atoms with Crippen LogP contribution in [0.1, 0.15) is 5.69 Å². The third kappa shape index (κ3) is 4.69. The van der Waals surface area contributed by atoms with Gasteiger partial charge in [0.05, 0.1) is 11.4 Å². The maximum Gasteiger partial charge on any atom is 0.266 e. The molecule has 2 heterocycles. The molecule has 1 aromatic carbocycles. The molecule has 0 spiro atoms. The monoisotopic (exact) mass is 411 g/mol. The summed E-state index contributed by atoms with van der Waals surface area (Å²) in [4.78, 5) is 6.59. The van der Waals surface area contributed by atoms with E-state index in [1.54, 1.807) is 24.4 Å². The van der Waals surface area contributed by atoms with E-state index < -0.39 is 26.7 Å². The fourth-order valence-electron chi connectivity index (χ4n) is 2.13. The van der Waals surface area contributed by atoms with Gasteiger partial charge in [-0.05, 0) is 36.4 Å². The van der Waals surface area contributed by atoms with Gasteiger partial charge in [0.25, 0.3) is 10.0 Å². The number of sulfonamides is 1. The summed E-state index contributed by atoms with van der Waals surface area (Å²) in [6.45, 7) is 0.0461. The average Bonchev–Trinajstić information content (AvgIpc) is 2.61. The number of rotatable bonds is 6. The highest BCUT2D eigenvalue weighted by Crippen LogP contribution is 2.25. The van der Waals surface area contributed by atoms with E-state index in [4.69, 9.17) is 16.3 Å². The quantitative estimate of drug-likeness (QED) is 0.624. The maximum absolute atomic E-state index is 14.2. The second-order valence-electron chi connectivity index (χ2n) is 5.28. The SMILES string of the molecule is O=S(=O)(Nc1ccc(OCc2ccccn2)c(F)c1)c1ccc(Cl)nc1F. The number of hydrogen-bond acceptors (Lipinski definition) is 5. The van der Waals surface area contributed by atoms with E-state index in [0.717, 1.165) is 18.2 Å². The molecule has 1 N–H and O–H groups in total. The summed E-state index contributed by atoms with van der Waals surface area (Å²) in [6, 6.07) is 10.8. The van der Waals surface area contributed by atoms with Crippen LogP contribution in [0.2, 0.25) is 5.15 Å². The molecule has 3 rings (SSSR count). The fourth-order valence-corrected chi connectivity index (χ4v) is 3.33. The van der Waals surface area contributed by atoms with E-state index in [1.165, 1.54) is 12.1 Å². The Kier molecular flexibility index (Phi) is 5.52. The smallest absolute Gasteiger partial charge is 0.266 e. The topological polar surface area (TPSA) is 81.2 Å². The van der Waals surface area contributed by atoms with Crippen molar-refractivity contribution < 1.29 is 21.9 Å². The van der Waals surface area contributed by atoms with Gasteiger partial charge in [0.15, 0.2) is 11.6 Å². The van der Waals surface area contributed by atoms with E-state index in [9.17, 15) is 17.2 Å². The van der Waals surface area contributed by atoms with Gasteiger partial charge in [0, 0.05) is 12.3 Å². The Hall–Kier alpha value is -2.78. The molecule has 0 amide bonds. The summed E-state index contributed by atoms with van der Waals surface area (Å²) in [7, 11) is -4.31. The zero-order chi connectivity index (χ0) is 19.4. The van der Waals surface area contributed by atoms with Gasteiger partial charge in [-0.15, -0.1) is 0 Å². The summed E-state index contributed by atoms with van der Waals surface area (Å²) in [5.74, 6) is -2.13. The van der Waals surface area contributed by atoms with Crippen molar-refractivity contribution in [3.8, 4) is 5.75 Å². The number of aromatic nitrogens is 2. The Morgan fingerprint density at radius 1 is 1.11 bits per heavy atom. The van der Waals surface area contributed by atoms with E-state index in [-0.39, 0.29) is 23.2 Å². The van der Waals surface area contributed by atoms with Crippen LogP contribution in [-0.2, 0) is 16.6 Å². The van der Waals surface area contributed by atoms with Crippen molar-refractivity contribution in [2.45, 2.75) is 11.5 Å². The molecule has 0 saturated carbocycles. The van der Waals surface area contributed by atoms with Gasteiger partial charge in [0.1, 0.15) is 16.7 Å². The van der Waals surface area contributed by atoms with Crippen molar-refractivity contribution in [1.29, 1.82) is 0 Å². The summed E-state index contributed by atoms with van der Waals surface area (Å²) >= 11 is 5.51. The minimum Gasteiger partial charge on any atom is -0.484 e. The number of nitrogens with zero attached hydrogens (tertiary/aromatic N) is 2. The van der Waals surface area contributed by atoms with Gasteiger partial charge < -0.3 is 4.74 Å². The molecule has 0 bridgehead atoms. The van der Waals surface area contributed by atoms with E-state index in [2.05, 4.69) is 14.7 Å². The highest BCUT2D eigenvalue weighted by atomic mass is 35.5. The number of halogens is 3. The Bertz CT molecular complexity index is 1070. The predicted octanol–water partition coefficient (Wildman–Crippen LogP) is 3.79. The highest BCUT2D eigenvalue weighted by molar-refractivity contribution is 7.92. The van der Waals surface area contributed by atoms with Crippen LogP contribution in [0.4, 0.5) is 14.5 Å². The summed E-state index contributed by atoms with van der Waals surface area (Å²) in [5, 5.41) is -0.188. The minimum atomic E-state index is -4.31. The molecule has 0 fully saturated rings. The maximum atomic E-state index is 14.2. The summed E-state index contributed by atoms with van der Waals surface area (Å²) in [6.07, 6.45) is 1.58. The number of nitrogens with one attached hydrogen (secondary N) is 1. The Balaban J connectivity index is 1.75. The molecule has 0 aliphatic rings. The van der Waals surface area contributed by atoms with Gasteiger partial charge in [-0.1, -0.05) is 17.7 Å². The molecule has 0 atom stereocenters. The van der Waals surface area contributed by atoms with Crippen molar-refractivity contribution in [3.63, 3.8) is 0 Å². The molecule has 2 aromatic heterocycles.